The number of nitrogen functional groups attached to an aromatic ring is 1. The van der Waals surface area contributed by atoms with Crippen molar-refractivity contribution in [2.75, 3.05) is 12.3 Å². The summed E-state index contributed by atoms with van der Waals surface area (Å²) in [4.78, 5) is 26.2. The van der Waals surface area contributed by atoms with E-state index in [1.54, 1.807) is 12.1 Å². The number of nitrogens with zero attached hydrogens (tertiary/aromatic N) is 1. The Morgan fingerprint density at radius 2 is 2.21 bits per heavy atom. The SMILES string of the molecule is CCCN1C(=O)CC(Sc2ccc(N)cc2Br)C1=O. The zero-order chi connectivity index (χ0) is 14.0. The van der Waals surface area contributed by atoms with E-state index in [4.69, 9.17) is 5.73 Å². The number of hydrogen-bond donors (Lipinski definition) is 1. The Morgan fingerprint density at radius 1 is 1.47 bits per heavy atom. The van der Waals surface area contributed by atoms with Crippen LogP contribution in [0.1, 0.15) is 19.8 Å². The van der Waals surface area contributed by atoms with Crippen LogP contribution in [0.15, 0.2) is 27.6 Å². The fourth-order valence-electron chi connectivity index (χ4n) is 1.97. The molecule has 102 valence electrons. The van der Waals surface area contributed by atoms with Gasteiger partial charge in [-0.25, -0.2) is 0 Å². The van der Waals surface area contributed by atoms with Crippen molar-refractivity contribution in [1.29, 1.82) is 0 Å². The number of likely N-dealkylation sites (tertiary alicyclic amines) is 1. The summed E-state index contributed by atoms with van der Waals surface area (Å²) in [5.41, 5.74) is 6.34. The largest absolute Gasteiger partial charge is 0.399 e. The van der Waals surface area contributed by atoms with Crippen LogP contribution >= 0.6 is 27.7 Å². The molecule has 1 unspecified atom stereocenters. The van der Waals surface area contributed by atoms with Crippen LogP contribution < -0.4 is 5.73 Å². The number of rotatable bonds is 4. The molecule has 1 atom stereocenters. The Balaban J connectivity index is 2.12. The molecule has 0 aliphatic carbocycles. The second-order valence-corrected chi connectivity index (χ2v) is 6.48. The van der Waals surface area contributed by atoms with E-state index in [9.17, 15) is 9.59 Å². The number of carbonyl (C=O) groups excluding carboxylic acids is 2. The van der Waals surface area contributed by atoms with Gasteiger partial charge in [-0.15, -0.1) is 11.8 Å². The van der Waals surface area contributed by atoms with Crippen molar-refractivity contribution in [2.24, 2.45) is 0 Å². The average Bonchev–Trinajstić information content (AvgIpc) is 2.61. The summed E-state index contributed by atoms with van der Waals surface area (Å²) in [6.07, 6.45) is 1.07. The number of nitrogens with two attached hydrogens (primary N) is 1. The number of hydrogen-bond acceptors (Lipinski definition) is 4. The molecule has 0 radical (unpaired) electrons. The van der Waals surface area contributed by atoms with Crippen LogP contribution in [0.3, 0.4) is 0 Å². The van der Waals surface area contributed by atoms with Crippen molar-refractivity contribution in [3.05, 3.63) is 22.7 Å². The lowest BCUT2D eigenvalue weighted by Crippen LogP contribution is -2.31. The Morgan fingerprint density at radius 3 is 2.84 bits per heavy atom. The topological polar surface area (TPSA) is 63.4 Å². The molecule has 2 N–H and O–H groups in total. The maximum Gasteiger partial charge on any atom is 0.243 e. The third-order valence-electron chi connectivity index (χ3n) is 2.87. The van der Waals surface area contributed by atoms with Crippen LogP contribution in [-0.2, 0) is 9.59 Å². The fourth-order valence-corrected chi connectivity index (χ4v) is 3.72. The molecule has 1 aromatic rings. The minimum atomic E-state index is -0.320. The molecule has 1 aliphatic rings. The summed E-state index contributed by atoms with van der Waals surface area (Å²) in [5.74, 6) is -0.156. The molecule has 1 saturated heterocycles. The van der Waals surface area contributed by atoms with Gasteiger partial charge in [0.1, 0.15) is 0 Å². The first-order valence-corrected chi connectivity index (χ1v) is 7.76. The highest BCUT2D eigenvalue weighted by Gasteiger charge is 2.38. The van der Waals surface area contributed by atoms with Gasteiger partial charge in [-0.05, 0) is 40.5 Å². The monoisotopic (exact) mass is 342 g/mol. The molecule has 2 amide bonds. The first kappa shape index (κ1) is 14.4. The van der Waals surface area contributed by atoms with Crippen LogP contribution in [0.4, 0.5) is 5.69 Å². The molecule has 6 heteroatoms. The maximum atomic E-state index is 12.1. The molecule has 0 bridgehead atoms. The van der Waals surface area contributed by atoms with Gasteiger partial charge in [0.25, 0.3) is 0 Å². The van der Waals surface area contributed by atoms with E-state index < -0.39 is 0 Å². The first-order chi connectivity index (χ1) is 9.02. The zero-order valence-electron chi connectivity index (χ0n) is 10.6. The van der Waals surface area contributed by atoms with Gasteiger partial charge in [0.05, 0.1) is 5.25 Å². The van der Waals surface area contributed by atoms with Crippen molar-refractivity contribution >= 4 is 45.2 Å². The Bertz CT molecular complexity index is 521. The summed E-state index contributed by atoms with van der Waals surface area (Å²) < 4.78 is 0.853. The number of thioether (sulfide) groups is 1. The molecule has 0 spiro atoms. The molecular weight excluding hydrogens is 328 g/mol. The van der Waals surface area contributed by atoms with E-state index in [2.05, 4.69) is 15.9 Å². The molecule has 1 aliphatic heterocycles. The van der Waals surface area contributed by atoms with Gasteiger partial charge in [-0.3, -0.25) is 14.5 Å². The van der Waals surface area contributed by atoms with E-state index in [0.29, 0.717) is 12.2 Å². The maximum absolute atomic E-state index is 12.1. The van der Waals surface area contributed by atoms with Gasteiger partial charge < -0.3 is 5.73 Å². The lowest BCUT2D eigenvalue weighted by Gasteiger charge is -2.13. The second kappa shape index (κ2) is 5.96. The highest BCUT2D eigenvalue weighted by molar-refractivity contribution is 9.10. The van der Waals surface area contributed by atoms with Crippen LogP contribution in [-0.4, -0.2) is 28.5 Å². The predicted molar refractivity (Wildman–Crippen MR) is 79.8 cm³/mol. The predicted octanol–water partition coefficient (Wildman–Crippen LogP) is 2.66. The van der Waals surface area contributed by atoms with Gasteiger partial charge in [0.2, 0.25) is 11.8 Å². The number of imide groups is 1. The highest BCUT2D eigenvalue weighted by atomic mass is 79.9. The minimum absolute atomic E-state index is 0.0732. The van der Waals surface area contributed by atoms with E-state index in [1.807, 2.05) is 13.0 Å². The quantitative estimate of drug-likeness (QED) is 0.674. The van der Waals surface area contributed by atoms with Crippen molar-refractivity contribution in [2.45, 2.75) is 29.9 Å². The molecule has 19 heavy (non-hydrogen) atoms. The highest BCUT2D eigenvalue weighted by Crippen LogP contribution is 2.36. The van der Waals surface area contributed by atoms with E-state index in [1.165, 1.54) is 16.7 Å². The molecule has 4 nitrogen and oxygen atoms in total. The van der Waals surface area contributed by atoms with Crippen molar-refractivity contribution in [3.63, 3.8) is 0 Å². The molecular formula is C13H15BrN2O2S. The smallest absolute Gasteiger partial charge is 0.243 e. The van der Waals surface area contributed by atoms with Crippen molar-refractivity contribution in [1.82, 2.24) is 4.90 Å². The van der Waals surface area contributed by atoms with E-state index in [-0.39, 0.29) is 23.5 Å². The lowest BCUT2D eigenvalue weighted by atomic mass is 10.3. The first-order valence-electron chi connectivity index (χ1n) is 6.08. The molecule has 0 saturated carbocycles. The molecule has 0 aromatic heterocycles. The van der Waals surface area contributed by atoms with Crippen molar-refractivity contribution < 1.29 is 9.59 Å². The molecule has 1 fully saturated rings. The number of benzene rings is 1. The summed E-state index contributed by atoms with van der Waals surface area (Å²) in [6.45, 7) is 2.47. The molecule has 1 heterocycles. The Labute approximate surface area is 124 Å². The third-order valence-corrected chi connectivity index (χ3v) is 5.06. The van der Waals surface area contributed by atoms with Gasteiger partial charge in [-0.2, -0.15) is 0 Å². The molecule has 2 rings (SSSR count). The Hall–Kier alpha value is -1.01. The standard InChI is InChI=1S/C13H15BrN2O2S/c1-2-5-16-12(17)7-11(13(16)18)19-10-4-3-8(15)6-9(10)14/h3-4,6,11H,2,5,7,15H2,1H3. The van der Waals surface area contributed by atoms with Gasteiger partial charge in [-0.1, -0.05) is 6.92 Å². The fraction of sp³-hybridized carbons (Fsp3) is 0.385. The summed E-state index contributed by atoms with van der Waals surface area (Å²) in [6, 6.07) is 5.45. The number of anilines is 1. The summed E-state index contributed by atoms with van der Waals surface area (Å²) >= 11 is 4.84. The van der Waals surface area contributed by atoms with Crippen molar-refractivity contribution in [3.8, 4) is 0 Å². The van der Waals surface area contributed by atoms with Gasteiger partial charge in [0.15, 0.2) is 0 Å². The number of amides is 2. The summed E-state index contributed by atoms with van der Waals surface area (Å²) in [7, 11) is 0. The van der Waals surface area contributed by atoms with Gasteiger partial charge in [0, 0.05) is 28.0 Å². The Kier molecular flexibility index (Phi) is 4.52. The van der Waals surface area contributed by atoms with E-state index >= 15 is 0 Å². The number of halogens is 1. The van der Waals surface area contributed by atoms with E-state index in [0.717, 1.165) is 15.8 Å². The van der Waals surface area contributed by atoms with Gasteiger partial charge >= 0.3 is 0 Å². The third kappa shape index (κ3) is 3.12. The van der Waals surface area contributed by atoms with Crippen LogP contribution in [0, 0.1) is 0 Å². The average molecular weight is 343 g/mol. The van der Waals surface area contributed by atoms with Crippen LogP contribution in [0.25, 0.3) is 0 Å². The normalized spacial score (nSPS) is 19.3. The second-order valence-electron chi connectivity index (χ2n) is 4.38. The number of carbonyl (C=O) groups is 2. The molecule has 1 aromatic carbocycles. The summed E-state index contributed by atoms with van der Waals surface area (Å²) in [5, 5.41) is -0.320. The zero-order valence-corrected chi connectivity index (χ0v) is 13.0. The lowest BCUT2D eigenvalue weighted by molar-refractivity contribution is -0.138. The van der Waals surface area contributed by atoms with Crippen LogP contribution in [0.5, 0.6) is 0 Å². The van der Waals surface area contributed by atoms with Crippen LogP contribution in [0.2, 0.25) is 0 Å². The minimum Gasteiger partial charge on any atom is -0.399 e.